The molecular weight excluding hydrogens is 267 g/mol. The molecule has 21 heavy (non-hydrogen) atoms. The average molecular weight is 294 g/mol. The Kier molecular flexibility index (Phi) is 6.15. The molecule has 1 fully saturated rings. The van der Waals surface area contributed by atoms with Gasteiger partial charge in [0.1, 0.15) is 5.82 Å². The van der Waals surface area contributed by atoms with E-state index >= 15 is 0 Å². The normalized spacial score (nSPS) is 21.4. The van der Waals surface area contributed by atoms with Crippen LogP contribution in [-0.4, -0.2) is 50.3 Å². The van der Waals surface area contributed by atoms with Gasteiger partial charge < -0.3 is 10.1 Å². The van der Waals surface area contributed by atoms with Gasteiger partial charge in [0.15, 0.2) is 0 Å². The van der Waals surface area contributed by atoms with Crippen LogP contribution in [0.2, 0.25) is 0 Å². The van der Waals surface area contributed by atoms with Crippen molar-refractivity contribution in [2.75, 3.05) is 33.3 Å². The quantitative estimate of drug-likeness (QED) is 0.872. The lowest BCUT2D eigenvalue weighted by Crippen LogP contribution is -2.52. The number of nitrogens with zero attached hydrogens (tertiary/aromatic N) is 1. The Bertz CT molecular complexity index is 450. The van der Waals surface area contributed by atoms with Gasteiger partial charge >= 0.3 is 0 Å². The standard InChI is InChI=1S/C17H27FN2O/c1-4-7-20-8-9-21-17(12-20)16(19-3)11-14-10-15(18)6-5-13(14)2/h5-6,10,16-17,19H,4,7-9,11-12H2,1-3H3. The number of hydrogen-bond donors (Lipinski definition) is 1. The first kappa shape index (κ1) is 16.4. The van der Waals surface area contributed by atoms with E-state index in [1.54, 1.807) is 6.07 Å². The zero-order chi connectivity index (χ0) is 15.2. The third-order valence-electron chi connectivity index (χ3n) is 4.29. The molecule has 1 saturated heterocycles. The van der Waals surface area contributed by atoms with Gasteiger partial charge in [0.05, 0.1) is 12.7 Å². The molecule has 1 aliphatic heterocycles. The Morgan fingerprint density at radius 1 is 1.48 bits per heavy atom. The predicted octanol–water partition coefficient (Wildman–Crippen LogP) is 2.38. The Balaban J connectivity index is 2.03. The van der Waals surface area contributed by atoms with Gasteiger partial charge in [0, 0.05) is 19.1 Å². The average Bonchev–Trinajstić information content (AvgIpc) is 2.49. The molecule has 0 spiro atoms. The number of nitrogens with one attached hydrogen (secondary N) is 1. The van der Waals surface area contributed by atoms with Crippen molar-refractivity contribution in [1.29, 1.82) is 0 Å². The molecule has 2 atom stereocenters. The highest BCUT2D eigenvalue weighted by molar-refractivity contribution is 5.27. The molecule has 0 radical (unpaired) electrons. The van der Waals surface area contributed by atoms with Crippen LogP contribution in [0.4, 0.5) is 4.39 Å². The molecule has 4 heteroatoms. The van der Waals surface area contributed by atoms with Crippen LogP contribution in [0.25, 0.3) is 0 Å². The summed E-state index contributed by atoms with van der Waals surface area (Å²) >= 11 is 0. The zero-order valence-corrected chi connectivity index (χ0v) is 13.4. The van der Waals surface area contributed by atoms with Gasteiger partial charge in [-0.2, -0.15) is 0 Å². The smallest absolute Gasteiger partial charge is 0.123 e. The highest BCUT2D eigenvalue weighted by Gasteiger charge is 2.27. The topological polar surface area (TPSA) is 24.5 Å². The van der Waals surface area contributed by atoms with Crippen molar-refractivity contribution in [2.45, 2.75) is 38.8 Å². The summed E-state index contributed by atoms with van der Waals surface area (Å²) in [5.74, 6) is -0.164. The molecule has 0 aliphatic carbocycles. The summed E-state index contributed by atoms with van der Waals surface area (Å²) in [4.78, 5) is 2.46. The Morgan fingerprint density at radius 3 is 3.00 bits per heavy atom. The third-order valence-corrected chi connectivity index (χ3v) is 4.29. The van der Waals surface area contributed by atoms with Crippen LogP contribution in [-0.2, 0) is 11.2 Å². The van der Waals surface area contributed by atoms with Crippen molar-refractivity contribution >= 4 is 0 Å². The lowest BCUT2D eigenvalue weighted by Gasteiger charge is -2.37. The van der Waals surface area contributed by atoms with E-state index in [0.29, 0.717) is 0 Å². The predicted molar refractivity (Wildman–Crippen MR) is 84.2 cm³/mol. The fraction of sp³-hybridized carbons (Fsp3) is 0.647. The van der Waals surface area contributed by atoms with Crippen molar-refractivity contribution in [3.8, 4) is 0 Å². The number of rotatable bonds is 6. The molecule has 1 aromatic carbocycles. The maximum Gasteiger partial charge on any atom is 0.123 e. The molecule has 0 amide bonds. The van der Waals surface area contributed by atoms with E-state index in [0.717, 1.165) is 43.8 Å². The van der Waals surface area contributed by atoms with Gasteiger partial charge in [0.25, 0.3) is 0 Å². The highest BCUT2D eigenvalue weighted by Crippen LogP contribution is 2.17. The summed E-state index contributed by atoms with van der Waals surface area (Å²) in [6.07, 6.45) is 2.13. The molecule has 1 aromatic rings. The summed E-state index contributed by atoms with van der Waals surface area (Å²) in [5, 5.41) is 3.36. The second-order valence-electron chi connectivity index (χ2n) is 5.88. The second kappa shape index (κ2) is 7.87. The van der Waals surface area contributed by atoms with E-state index in [4.69, 9.17) is 4.74 Å². The zero-order valence-electron chi connectivity index (χ0n) is 13.4. The lowest BCUT2D eigenvalue weighted by molar-refractivity contribution is -0.0450. The van der Waals surface area contributed by atoms with Gasteiger partial charge in [-0.05, 0) is 56.6 Å². The molecule has 1 heterocycles. The van der Waals surface area contributed by atoms with Gasteiger partial charge in [-0.3, -0.25) is 4.90 Å². The Labute approximate surface area is 127 Å². The van der Waals surface area contributed by atoms with Gasteiger partial charge in [-0.15, -0.1) is 0 Å². The number of halogens is 1. The SMILES string of the molecule is CCCN1CCOC(C(Cc2cc(F)ccc2C)NC)C1. The molecule has 0 aromatic heterocycles. The van der Waals surface area contributed by atoms with Gasteiger partial charge in [-0.25, -0.2) is 4.39 Å². The van der Waals surface area contributed by atoms with Crippen LogP contribution >= 0.6 is 0 Å². The minimum Gasteiger partial charge on any atom is -0.374 e. The van der Waals surface area contributed by atoms with E-state index in [9.17, 15) is 4.39 Å². The van der Waals surface area contributed by atoms with Crippen molar-refractivity contribution in [1.82, 2.24) is 10.2 Å². The van der Waals surface area contributed by atoms with Crippen molar-refractivity contribution in [3.63, 3.8) is 0 Å². The minimum atomic E-state index is -0.164. The van der Waals surface area contributed by atoms with Crippen molar-refractivity contribution in [3.05, 3.63) is 35.1 Å². The molecule has 0 saturated carbocycles. The summed E-state index contributed by atoms with van der Waals surface area (Å²) in [6, 6.07) is 5.23. The molecule has 2 rings (SSSR count). The van der Waals surface area contributed by atoms with E-state index in [1.807, 2.05) is 20.0 Å². The van der Waals surface area contributed by atoms with Crippen LogP contribution in [0.15, 0.2) is 18.2 Å². The highest BCUT2D eigenvalue weighted by atomic mass is 19.1. The Morgan fingerprint density at radius 2 is 2.29 bits per heavy atom. The summed E-state index contributed by atoms with van der Waals surface area (Å²) in [6.45, 7) is 8.11. The largest absolute Gasteiger partial charge is 0.374 e. The second-order valence-corrected chi connectivity index (χ2v) is 5.88. The summed E-state index contributed by atoms with van der Waals surface area (Å²) in [5.41, 5.74) is 2.20. The summed E-state index contributed by atoms with van der Waals surface area (Å²) in [7, 11) is 1.96. The first-order valence-electron chi connectivity index (χ1n) is 7.90. The minimum absolute atomic E-state index is 0.164. The molecular formula is C17H27FN2O. The van der Waals surface area contributed by atoms with Gasteiger partial charge in [-0.1, -0.05) is 13.0 Å². The van der Waals surface area contributed by atoms with Crippen LogP contribution in [0, 0.1) is 12.7 Å². The maximum absolute atomic E-state index is 13.4. The number of likely N-dealkylation sites (N-methyl/N-ethyl adjacent to an activating group) is 1. The van der Waals surface area contributed by atoms with E-state index in [-0.39, 0.29) is 18.0 Å². The van der Waals surface area contributed by atoms with Crippen LogP contribution in [0.3, 0.4) is 0 Å². The fourth-order valence-corrected chi connectivity index (χ4v) is 3.01. The van der Waals surface area contributed by atoms with Crippen LogP contribution in [0.1, 0.15) is 24.5 Å². The molecule has 2 unspecified atom stereocenters. The molecule has 1 N–H and O–H groups in total. The molecule has 118 valence electrons. The van der Waals surface area contributed by atoms with E-state index in [2.05, 4.69) is 17.1 Å². The first-order chi connectivity index (χ1) is 10.1. The number of hydrogen-bond acceptors (Lipinski definition) is 3. The molecule has 1 aliphatic rings. The lowest BCUT2D eigenvalue weighted by atomic mass is 9.96. The number of benzene rings is 1. The van der Waals surface area contributed by atoms with Crippen molar-refractivity contribution in [2.24, 2.45) is 0 Å². The van der Waals surface area contributed by atoms with Gasteiger partial charge in [0.2, 0.25) is 0 Å². The monoisotopic (exact) mass is 294 g/mol. The first-order valence-corrected chi connectivity index (χ1v) is 7.90. The fourth-order valence-electron chi connectivity index (χ4n) is 3.01. The third kappa shape index (κ3) is 4.50. The van der Waals surface area contributed by atoms with Crippen LogP contribution < -0.4 is 5.32 Å². The number of aryl methyl sites for hydroxylation is 1. The Hall–Kier alpha value is -0.970. The number of morpholine rings is 1. The molecule has 0 bridgehead atoms. The van der Waals surface area contributed by atoms with Crippen LogP contribution in [0.5, 0.6) is 0 Å². The number of ether oxygens (including phenoxy) is 1. The maximum atomic E-state index is 13.4. The summed E-state index contributed by atoms with van der Waals surface area (Å²) < 4.78 is 19.4. The van der Waals surface area contributed by atoms with Crippen molar-refractivity contribution < 1.29 is 9.13 Å². The van der Waals surface area contributed by atoms with E-state index in [1.165, 1.54) is 12.5 Å². The molecule has 3 nitrogen and oxygen atoms in total. The van der Waals surface area contributed by atoms with E-state index < -0.39 is 0 Å².